The van der Waals surface area contributed by atoms with Crippen LogP contribution in [0.2, 0.25) is 0 Å². The zero-order chi connectivity index (χ0) is 24.5. The smallest absolute Gasteiger partial charge is 0.0486 e. The van der Waals surface area contributed by atoms with E-state index in [1.165, 1.54) is 36.7 Å². The van der Waals surface area contributed by atoms with Crippen molar-refractivity contribution in [3.63, 3.8) is 0 Å². The van der Waals surface area contributed by atoms with Gasteiger partial charge >= 0.3 is 0 Å². The SMILES string of the molecule is C=C(NCc1ccccc1)C1CCCN1C.C=CC/C(N)=C/NN.CC(N)c1ccccc1. The Bertz CT molecular complexity index is 817. The van der Waals surface area contributed by atoms with Crippen LogP contribution in [-0.4, -0.2) is 24.5 Å². The number of hydrogen-bond acceptors (Lipinski definition) is 6. The summed E-state index contributed by atoms with van der Waals surface area (Å²) in [5, 5.41) is 3.44. The summed E-state index contributed by atoms with van der Waals surface area (Å²) in [5.74, 6) is 4.92. The van der Waals surface area contributed by atoms with Gasteiger partial charge in [0, 0.05) is 42.6 Å². The van der Waals surface area contributed by atoms with Gasteiger partial charge in [-0.1, -0.05) is 73.3 Å². The predicted molar refractivity (Wildman–Crippen MR) is 142 cm³/mol. The second kappa shape index (κ2) is 16.6. The van der Waals surface area contributed by atoms with Crippen molar-refractivity contribution in [1.29, 1.82) is 0 Å². The van der Waals surface area contributed by atoms with Crippen LogP contribution in [0.3, 0.4) is 0 Å². The molecule has 0 bridgehead atoms. The van der Waals surface area contributed by atoms with Crippen molar-refractivity contribution in [2.45, 2.75) is 44.8 Å². The summed E-state index contributed by atoms with van der Waals surface area (Å²) < 4.78 is 0. The van der Waals surface area contributed by atoms with Gasteiger partial charge in [-0.05, 0) is 44.5 Å². The minimum absolute atomic E-state index is 0.159. The third-order valence-electron chi connectivity index (χ3n) is 5.26. The van der Waals surface area contributed by atoms with Crippen LogP contribution in [0, 0.1) is 0 Å². The third kappa shape index (κ3) is 11.9. The molecule has 2 aromatic carbocycles. The van der Waals surface area contributed by atoms with Gasteiger partial charge in [0.05, 0.1) is 0 Å². The molecule has 0 amide bonds. The summed E-state index contributed by atoms with van der Waals surface area (Å²) in [5.41, 5.74) is 17.6. The molecule has 1 saturated heterocycles. The van der Waals surface area contributed by atoms with Gasteiger partial charge in [0.25, 0.3) is 0 Å². The van der Waals surface area contributed by atoms with Crippen LogP contribution in [0.4, 0.5) is 0 Å². The molecule has 1 aliphatic rings. The van der Waals surface area contributed by atoms with Crippen molar-refractivity contribution in [2.75, 3.05) is 13.6 Å². The fraction of sp³-hybridized carbons (Fsp3) is 0.333. The number of nitrogens with zero attached hydrogens (tertiary/aromatic N) is 1. The molecule has 2 unspecified atom stereocenters. The summed E-state index contributed by atoms with van der Waals surface area (Å²) in [6.07, 6.45) is 6.43. The molecule has 6 nitrogen and oxygen atoms in total. The Kier molecular flexibility index (Phi) is 14.0. The van der Waals surface area contributed by atoms with Crippen LogP contribution in [-0.2, 0) is 6.54 Å². The second-order valence-corrected chi connectivity index (χ2v) is 8.08. The highest BCUT2D eigenvalue weighted by atomic mass is 15.2. The highest BCUT2D eigenvalue weighted by Crippen LogP contribution is 2.19. The topological polar surface area (TPSA) is 105 Å². The number of likely N-dealkylation sites (N-methyl/N-ethyl adjacent to an activating group) is 1. The monoisotopic (exact) mass is 450 g/mol. The van der Waals surface area contributed by atoms with Crippen molar-refractivity contribution in [2.24, 2.45) is 17.3 Å². The lowest BCUT2D eigenvalue weighted by molar-refractivity contribution is 0.334. The summed E-state index contributed by atoms with van der Waals surface area (Å²) in [6, 6.07) is 21.2. The molecule has 1 heterocycles. The van der Waals surface area contributed by atoms with E-state index < -0.39 is 0 Å². The first-order chi connectivity index (χ1) is 15.9. The molecule has 2 atom stereocenters. The van der Waals surface area contributed by atoms with Gasteiger partial charge in [0.2, 0.25) is 0 Å². The van der Waals surface area contributed by atoms with Crippen LogP contribution < -0.4 is 28.1 Å². The van der Waals surface area contributed by atoms with Crippen LogP contribution in [0.15, 0.2) is 97.5 Å². The molecule has 0 saturated carbocycles. The Morgan fingerprint density at radius 2 is 1.76 bits per heavy atom. The standard InChI is InChI=1S/C14H20N2.C8H11N.C5H11N3/c1-12(14-9-6-10-16(14)2)15-11-13-7-4-3-5-8-13;1-7(9)8-5-3-2-4-6-8;1-2-3-5(6)4-8-7/h3-5,7-8,14-15H,1,6,9-11H2,2H3;2-7H,9H2,1H3;2,4,8H,1,3,6-7H2/b;;5-4-. The number of nitrogens with one attached hydrogen (secondary N) is 2. The minimum atomic E-state index is 0.159. The molecule has 2 aromatic rings. The normalized spacial score (nSPS) is 16.4. The fourth-order valence-electron chi connectivity index (χ4n) is 3.37. The number of hydrazine groups is 1. The largest absolute Gasteiger partial charge is 0.401 e. The third-order valence-corrected chi connectivity index (χ3v) is 5.26. The molecule has 0 radical (unpaired) electrons. The minimum Gasteiger partial charge on any atom is -0.401 e. The van der Waals surface area contributed by atoms with E-state index >= 15 is 0 Å². The molecule has 0 aliphatic carbocycles. The maximum atomic E-state index is 5.61. The molecule has 1 aliphatic heterocycles. The van der Waals surface area contributed by atoms with E-state index in [-0.39, 0.29) is 6.04 Å². The van der Waals surface area contributed by atoms with Gasteiger partial charge in [0.1, 0.15) is 0 Å². The van der Waals surface area contributed by atoms with Crippen LogP contribution >= 0.6 is 0 Å². The van der Waals surface area contributed by atoms with Crippen LogP contribution in [0.25, 0.3) is 0 Å². The Hall–Kier alpha value is -3.06. The van der Waals surface area contributed by atoms with E-state index in [1.54, 1.807) is 6.08 Å². The number of likely N-dealkylation sites (tertiary alicyclic amines) is 1. The van der Waals surface area contributed by atoms with Crippen LogP contribution in [0.5, 0.6) is 0 Å². The average Bonchev–Trinajstić information content (AvgIpc) is 3.26. The molecule has 33 heavy (non-hydrogen) atoms. The van der Waals surface area contributed by atoms with E-state index in [1.807, 2.05) is 43.3 Å². The summed E-state index contributed by atoms with van der Waals surface area (Å²) in [6.45, 7) is 11.7. The number of benzene rings is 2. The van der Waals surface area contributed by atoms with Gasteiger partial charge in [-0.25, -0.2) is 0 Å². The quantitative estimate of drug-likeness (QED) is 0.237. The number of nitrogens with two attached hydrogens (primary N) is 3. The highest BCUT2D eigenvalue weighted by molar-refractivity contribution is 5.17. The van der Waals surface area contributed by atoms with Crippen molar-refractivity contribution in [3.05, 3.63) is 109 Å². The van der Waals surface area contributed by atoms with Crippen molar-refractivity contribution in [1.82, 2.24) is 15.6 Å². The van der Waals surface area contributed by atoms with Gasteiger partial charge < -0.3 is 22.2 Å². The summed E-state index contributed by atoms with van der Waals surface area (Å²) >= 11 is 0. The Morgan fingerprint density at radius 3 is 2.21 bits per heavy atom. The maximum absolute atomic E-state index is 5.61. The molecular formula is C27H42N6. The number of hydrogen-bond donors (Lipinski definition) is 5. The molecule has 6 heteroatoms. The zero-order valence-corrected chi connectivity index (χ0v) is 20.2. The fourth-order valence-corrected chi connectivity index (χ4v) is 3.37. The molecule has 0 aromatic heterocycles. The molecule has 1 fully saturated rings. The van der Waals surface area contributed by atoms with Gasteiger partial charge in [0.15, 0.2) is 0 Å². The maximum Gasteiger partial charge on any atom is 0.0486 e. The average molecular weight is 451 g/mol. The zero-order valence-electron chi connectivity index (χ0n) is 20.2. The van der Waals surface area contributed by atoms with E-state index in [0.29, 0.717) is 18.2 Å². The molecule has 0 spiro atoms. The first kappa shape index (κ1) is 28.0. The van der Waals surface area contributed by atoms with Gasteiger partial charge in [-0.3, -0.25) is 10.7 Å². The molecule has 3 rings (SSSR count). The van der Waals surface area contributed by atoms with Crippen molar-refractivity contribution < 1.29 is 0 Å². The lowest BCUT2D eigenvalue weighted by Crippen LogP contribution is -2.32. The Morgan fingerprint density at radius 1 is 1.15 bits per heavy atom. The Labute approximate surface area is 200 Å². The number of rotatable bonds is 8. The highest BCUT2D eigenvalue weighted by Gasteiger charge is 2.22. The Balaban J connectivity index is 0.000000273. The van der Waals surface area contributed by atoms with E-state index in [0.717, 1.165) is 12.2 Å². The van der Waals surface area contributed by atoms with Crippen molar-refractivity contribution in [3.8, 4) is 0 Å². The van der Waals surface area contributed by atoms with Gasteiger partial charge in [-0.2, -0.15) is 0 Å². The summed E-state index contributed by atoms with van der Waals surface area (Å²) in [4.78, 5) is 2.38. The first-order valence-corrected chi connectivity index (χ1v) is 11.4. The van der Waals surface area contributed by atoms with Gasteiger partial charge in [-0.15, -0.1) is 6.58 Å². The lowest BCUT2D eigenvalue weighted by Gasteiger charge is -2.22. The lowest BCUT2D eigenvalue weighted by atomic mass is 10.1. The molecule has 180 valence electrons. The summed E-state index contributed by atoms with van der Waals surface area (Å²) in [7, 11) is 2.17. The predicted octanol–water partition coefficient (Wildman–Crippen LogP) is 3.92. The second-order valence-electron chi connectivity index (χ2n) is 8.08. The molecular weight excluding hydrogens is 408 g/mol. The number of allylic oxidation sites excluding steroid dienone is 1. The van der Waals surface area contributed by atoms with E-state index in [2.05, 4.69) is 60.1 Å². The molecule has 8 N–H and O–H groups in total. The van der Waals surface area contributed by atoms with Crippen molar-refractivity contribution >= 4 is 0 Å². The first-order valence-electron chi connectivity index (χ1n) is 11.4. The van der Waals surface area contributed by atoms with E-state index in [4.69, 9.17) is 17.3 Å². The van der Waals surface area contributed by atoms with Crippen LogP contribution in [0.1, 0.15) is 43.4 Å². The van der Waals surface area contributed by atoms with E-state index in [9.17, 15) is 0 Å².